The predicted octanol–water partition coefficient (Wildman–Crippen LogP) is 1.63. The largest absolute Gasteiger partial charge is 0.504 e. The maximum atomic E-state index is 9.15. The lowest BCUT2D eigenvalue weighted by molar-refractivity contribution is 0.403. The molecule has 0 aliphatic heterocycles. The molecule has 0 radical (unpaired) electrons. The highest BCUT2D eigenvalue weighted by Crippen LogP contribution is 2.30. The Balaban J connectivity index is 3.05. The number of phenolic OH excluding ortho intramolecular Hbond substituents is 2. The van der Waals surface area contributed by atoms with Crippen molar-refractivity contribution in [3.05, 3.63) is 17.7 Å². The summed E-state index contributed by atoms with van der Waals surface area (Å²) < 4.78 is 0. The first kappa shape index (κ1) is 8.71. The third-order valence-corrected chi connectivity index (χ3v) is 1.76. The van der Waals surface area contributed by atoms with E-state index in [0.29, 0.717) is 5.69 Å². The van der Waals surface area contributed by atoms with E-state index in [1.807, 2.05) is 6.92 Å². The Labute approximate surface area is 71.5 Å². The molecule has 0 atom stereocenters. The number of nitrogen functional groups attached to an aromatic ring is 1. The lowest BCUT2D eigenvalue weighted by Crippen LogP contribution is -1.93. The summed E-state index contributed by atoms with van der Waals surface area (Å²) >= 11 is 0. The van der Waals surface area contributed by atoms with Gasteiger partial charge in [0.1, 0.15) is 0 Å². The van der Waals surface area contributed by atoms with E-state index in [1.54, 1.807) is 0 Å². The molecule has 3 nitrogen and oxygen atoms in total. The lowest BCUT2D eigenvalue weighted by Gasteiger charge is -2.05. The van der Waals surface area contributed by atoms with E-state index in [1.165, 1.54) is 12.1 Å². The molecule has 0 bridgehead atoms. The maximum absolute atomic E-state index is 9.15. The smallest absolute Gasteiger partial charge is 0.159 e. The van der Waals surface area contributed by atoms with Crippen LogP contribution in [0.25, 0.3) is 0 Å². The second kappa shape index (κ2) is 3.34. The first-order chi connectivity index (χ1) is 5.65. The molecular formula is C9H13NO2. The molecule has 0 aliphatic rings. The quantitative estimate of drug-likeness (QED) is 0.356. The zero-order valence-electron chi connectivity index (χ0n) is 7.04. The summed E-state index contributed by atoms with van der Waals surface area (Å²) in [4.78, 5) is 0. The number of aryl methyl sites for hydroxylation is 1. The van der Waals surface area contributed by atoms with Crippen LogP contribution in [0.1, 0.15) is 18.9 Å². The zero-order chi connectivity index (χ0) is 9.14. The highest BCUT2D eigenvalue weighted by atomic mass is 16.3. The van der Waals surface area contributed by atoms with Gasteiger partial charge in [-0.05, 0) is 18.1 Å². The molecule has 0 heterocycles. The van der Waals surface area contributed by atoms with Crippen LogP contribution in [-0.4, -0.2) is 10.2 Å². The van der Waals surface area contributed by atoms with Gasteiger partial charge in [0.25, 0.3) is 0 Å². The summed E-state index contributed by atoms with van der Waals surface area (Å²) in [6.07, 6.45) is 1.79. The van der Waals surface area contributed by atoms with Crippen LogP contribution in [0.2, 0.25) is 0 Å². The number of aromatic hydroxyl groups is 2. The molecule has 0 saturated heterocycles. The van der Waals surface area contributed by atoms with Crippen LogP contribution in [-0.2, 0) is 6.42 Å². The van der Waals surface area contributed by atoms with Crippen molar-refractivity contribution in [3.63, 3.8) is 0 Å². The van der Waals surface area contributed by atoms with Crippen molar-refractivity contribution in [2.45, 2.75) is 19.8 Å². The number of benzene rings is 1. The van der Waals surface area contributed by atoms with Crippen molar-refractivity contribution in [2.75, 3.05) is 5.73 Å². The Morgan fingerprint density at radius 2 is 1.83 bits per heavy atom. The fraction of sp³-hybridized carbons (Fsp3) is 0.333. The van der Waals surface area contributed by atoms with E-state index in [-0.39, 0.29) is 11.5 Å². The SMILES string of the molecule is CCCc1cc(O)c(O)cc1N. The van der Waals surface area contributed by atoms with Gasteiger partial charge in [-0.1, -0.05) is 13.3 Å². The number of phenols is 2. The maximum Gasteiger partial charge on any atom is 0.159 e. The predicted molar refractivity (Wildman–Crippen MR) is 48.2 cm³/mol. The molecule has 3 heteroatoms. The molecule has 0 aromatic heterocycles. The monoisotopic (exact) mass is 167 g/mol. The van der Waals surface area contributed by atoms with Crippen LogP contribution in [0.4, 0.5) is 5.69 Å². The van der Waals surface area contributed by atoms with Crippen molar-refractivity contribution < 1.29 is 10.2 Å². The summed E-state index contributed by atoms with van der Waals surface area (Å²) in [5.41, 5.74) is 7.02. The van der Waals surface area contributed by atoms with E-state index in [2.05, 4.69) is 0 Å². The molecule has 0 aliphatic carbocycles. The molecule has 4 N–H and O–H groups in total. The number of rotatable bonds is 2. The van der Waals surface area contributed by atoms with E-state index in [9.17, 15) is 0 Å². The average Bonchev–Trinajstić information content (AvgIpc) is 2.01. The molecular weight excluding hydrogens is 154 g/mol. The fourth-order valence-electron chi connectivity index (χ4n) is 1.12. The second-order valence-corrected chi connectivity index (χ2v) is 2.79. The van der Waals surface area contributed by atoms with Crippen molar-refractivity contribution in [1.29, 1.82) is 0 Å². The van der Waals surface area contributed by atoms with E-state index >= 15 is 0 Å². The molecule has 0 spiro atoms. The van der Waals surface area contributed by atoms with Gasteiger partial charge in [-0.25, -0.2) is 0 Å². The van der Waals surface area contributed by atoms with E-state index in [4.69, 9.17) is 15.9 Å². The Kier molecular flexibility index (Phi) is 2.43. The van der Waals surface area contributed by atoms with Crippen LogP contribution < -0.4 is 5.73 Å². The number of anilines is 1. The van der Waals surface area contributed by atoms with Gasteiger partial charge in [-0.15, -0.1) is 0 Å². The first-order valence-corrected chi connectivity index (χ1v) is 3.95. The minimum Gasteiger partial charge on any atom is -0.504 e. The second-order valence-electron chi connectivity index (χ2n) is 2.79. The lowest BCUT2D eigenvalue weighted by atomic mass is 10.1. The van der Waals surface area contributed by atoms with Crippen LogP contribution in [0.15, 0.2) is 12.1 Å². The van der Waals surface area contributed by atoms with Gasteiger partial charge in [0, 0.05) is 11.8 Å². The standard InChI is InChI=1S/C9H13NO2/c1-2-3-6-4-8(11)9(12)5-7(6)10/h4-5,11-12H,2-3,10H2,1H3. The average molecular weight is 167 g/mol. The summed E-state index contributed by atoms with van der Waals surface area (Å²) in [5.74, 6) is -0.264. The van der Waals surface area contributed by atoms with Gasteiger partial charge >= 0.3 is 0 Å². The van der Waals surface area contributed by atoms with E-state index < -0.39 is 0 Å². The van der Waals surface area contributed by atoms with Crippen molar-refractivity contribution in [2.24, 2.45) is 0 Å². The highest BCUT2D eigenvalue weighted by Gasteiger charge is 2.04. The Bertz CT molecular complexity index is 284. The Morgan fingerprint density at radius 3 is 2.42 bits per heavy atom. The molecule has 66 valence electrons. The van der Waals surface area contributed by atoms with Gasteiger partial charge in [0.2, 0.25) is 0 Å². The van der Waals surface area contributed by atoms with Crippen LogP contribution in [0.3, 0.4) is 0 Å². The Hall–Kier alpha value is -1.38. The van der Waals surface area contributed by atoms with Crippen LogP contribution >= 0.6 is 0 Å². The van der Waals surface area contributed by atoms with Crippen molar-refractivity contribution >= 4 is 5.69 Å². The van der Waals surface area contributed by atoms with Crippen LogP contribution in [0, 0.1) is 0 Å². The Morgan fingerprint density at radius 1 is 1.25 bits per heavy atom. The minimum atomic E-state index is -0.160. The molecule has 1 rings (SSSR count). The van der Waals surface area contributed by atoms with Gasteiger partial charge in [-0.2, -0.15) is 0 Å². The van der Waals surface area contributed by atoms with Gasteiger partial charge in [0.05, 0.1) is 0 Å². The normalized spacial score (nSPS) is 10.1. The third kappa shape index (κ3) is 1.61. The molecule has 0 saturated carbocycles. The number of nitrogens with two attached hydrogens (primary N) is 1. The fourth-order valence-corrected chi connectivity index (χ4v) is 1.12. The highest BCUT2D eigenvalue weighted by molar-refractivity contribution is 5.56. The summed E-state index contributed by atoms with van der Waals surface area (Å²) in [6, 6.07) is 2.88. The van der Waals surface area contributed by atoms with Crippen LogP contribution in [0.5, 0.6) is 11.5 Å². The zero-order valence-corrected chi connectivity index (χ0v) is 7.04. The molecule has 1 aromatic rings. The number of hydrogen-bond donors (Lipinski definition) is 3. The molecule has 0 amide bonds. The van der Waals surface area contributed by atoms with E-state index in [0.717, 1.165) is 18.4 Å². The summed E-state index contributed by atoms with van der Waals surface area (Å²) in [7, 11) is 0. The van der Waals surface area contributed by atoms with Crippen molar-refractivity contribution in [3.8, 4) is 11.5 Å². The minimum absolute atomic E-state index is 0.104. The summed E-state index contributed by atoms with van der Waals surface area (Å²) in [5, 5.41) is 18.2. The molecule has 1 aromatic carbocycles. The van der Waals surface area contributed by atoms with Gasteiger partial charge in [0.15, 0.2) is 11.5 Å². The molecule has 0 unspecified atom stereocenters. The first-order valence-electron chi connectivity index (χ1n) is 3.95. The number of hydrogen-bond acceptors (Lipinski definition) is 3. The molecule has 12 heavy (non-hydrogen) atoms. The molecule has 0 fully saturated rings. The van der Waals surface area contributed by atoms with Crippen molar-refractivity contribution in [1.82, 2.24) is 0 Å². The third-order valence-electron chi connectivity index (χ3n) is 1.76. The summed E-state index contributed by atoms with van der Waals surface area (Å²) in [6.45, 7) is 2.03. The topological polar surface area (TPSA) is 66.5 Å². The van der Waals surface area contributed by atoms with Gasteiger partial charge in [-0.3, -0.25) is 0 Å². The van der Waals surface area contributed by atoms with Gasteiger partial charge < -0.3 is 15.9 Å².